The molecule has 2 atom stereocenters. The molecule has 1 aromatic carbocycles. The Labute approximate surface area is 89.8 Å². The van der Waals surface area contributed by atoms with Crippen molar-refractivity contribution >= 4 is 11.4 Å². The Balaban J connectivity index is 2.06. The molecule has 3 rings (SSSR count). The molecule has 2 N–H and O–H groups in total. The summed E-state index contributed by atoms with van der Waals surface area (Å²) < 4.78 is 5.74. The van der Waals surface area contributed by atoms with Crippen LogP contribution in [0.1, 0.15) is 19.8 Å². The quantitative estimate of drug-likeness (QED) is 0.657. The summed E-state index contributed by atoms with van der Waals surface area (Å²) >= 11 is 0. The van der Waals surface area contributed by atoms with Crippen molar-refractivity contribution in [3.05, 3.63) is 18.2 Å². The van der Waals surface area contributed by atoms with E-state index < -0.39 is 0 Å². The highest BCUT2D eigenvalue weighted by Gasteiger charge is 2.35. The molecule has 1 saturated heterocycles. The molecular formula is C12H16N2O. The van der Waals surface area contributed by atoms with Crippen molar-refractivity contribution in [3.63, 3.8) is 0 Å². The van der Waals surface area contributed by atoms with Crippen LogP contribution >= 0.6 is 0 Å². The predicted molar refractivity (Wildman–Crippen MR) is 61.3 cm³/mol. The van der Waals surface area contributed by atoms with Gasteiger partial charge in [-0.1, -0.05) is 0 Å². The fourth-order valence-corrected chi connectivity index (χ4v) is 2.72. The highest BCUT2D eigenvalue weighted by Crippen LogP contribution is 2.41. The Morgan fingerprint density at radius 2 is 2.27 bits per heavy atom. The largest absolute Gasteiger partial charge is 0.489 e. The zero-order valence-electron chi connectivity index (χ0n) is 8.94. The number of nitrogen functional groups attached to an aromatic ring is 1. The van der Waals surface area contributed by atoms with E-state index in [-0.39, 0.29) is 0 Å². The first kappa shape index (κ1) is 8.89. The van der Waals surface area contributed by atoms with Crippen molar-refractivity contribution in [3.8, 4) is 5.75 Å². The minimum atomic E-state index is 0.566. The molecule has 15 heavy (non-hydrogen) atoms. The minimum absolute atomic E-state index is 0.566. The zero-order chi connectivity index (χ0) is 10.4. The van der Waals surface area contributed by atoms with Crippen molar-refractivity contribution in [1.82, 2.24) is 0 Å². The van der Waals surface area contributed by atoms with E-state index in [1.807, 2.05) is 12.1 Å². The number of rotatable bonds is 0. The molecule has 1 aromatic rings. The first-order valence-electron chi connectivity index (χ1n) is 5.56. The molecule has 1 fully saturated rings. The van der Waals surface area contributed by atoms with Crippen LogP contribution in [0.2, 0.25) is 0 Å². The molecule has 3 nitrogen and oxygen atoms in total. The van der Waals surface area contributed by atoms with E-state index in [1.54, 1.807) is 0 Å². The number of hydrogen-bond donors (Lipinski definition) is 1. The summed E-state index contributed by atoms with van der Waals surface area (Å²) in [4.78, 5) is 2.48. The molecule has 0 aromatic heterocycles. The summed E-state index contributed by atoms with van der Waals surface area (Å²) in [6.45, 7) is 3.09. The topological polar surface area (TPSA) is 38.5 Å². The molecule has 0 saturated carbocycles. The monoisotopic (exact) mass is 204 g/mol. The summed E-state index contributed by atoms with van der Waals surface area (Å²) in [5.74, 6) is 0.944. The lowest BCUT2D eigenvalue weighted by Crippen LogP contribution is -2.41. The third-order valence-electron chi connectivity index (χ3n) is 3.48. The SMILES string of the molecule is CC1CCC2COc3cc(N)ccc3N12. The van der Waals surface area contributed by atoms with Crippen molar-refractivity contribution in [1.29, 1.82) is 0 Å². The molecule has 0 amide bonds. The highest BCUT2D eigenvalue weighted by atomic mass is 16.5. The maximum atomic E-state index is 5.76. The van der Waals surface area contributed by atoms with Crippen molar-refractivity contribution in [2.24, 2.45) is 0 Å². The van der Waals surface area contributed by atoms with Gasteiger partial charge in [-0.3, -0.25) is 0 Å². The van der Waals surface area contributed by atoms with E-state index in [2.05, 4.69) is 17.9 Å². The third-order valence-corrected chi connectivity index (χ3v) is 3.48. The molecule has 2 unspecified atom stereocenters. The molecule has 3 heteroatoms. The number of nitrogens with two attached hydrogens (primary N) is 1. The zero-order valence-corrected chi connectivity index (χ0v) is 8.94. The average molecular weight is 204 g/mol. The second kappa shape index (κ2) is 3.05. The van der Waals surface area contributed by atoms with Crippen LogP contribution in [-0.4, -0.2) is 18.7 Å². The van der Waals surface area contributed by atoms with Gasteiger partial charge < -0.3 is 15.4 Å². The van der Waals surface area contributed by atoms with E-state index in [1.165, 1.54) is 18.5 Å². The van der Waals surface area contributed by atoms with Crippen molar-refractivity contribution < 1.29 is 4.74 Å². The van der Waals surface area contributed by atoms with Gasteiger partial charge in [-0.2, -0.15) is 0 Å². The Hall–Kier alpha value is -1.38. The number of fused-ring (bicyclic) bond motifs is 3. The number of benzene rings is 1. The molecule has 0 radical (unpaired) electrons. The van der Waals surface area contributed by atoms with Gasteiger partial charge in [0.25, 0.3) is 0 Å². The van der Waals surface area contributed by atoms with Gasteiger partial charge in [0.05, 0.1) is 11.7 Å². The maximum absolute atomic E-state index is 5.76. The number of hydrogen-bond acceptors (Lipinski definition) is 3. The van der Waals surface area contributed by atoms with E-state index in [4.69, 9.17) is 10.5 Å². The Kier molecular flexibility index (Phi) is 1.81. The Bertz CT molecular complexity index is 391. The second-order valence-corrected chi connectivity index (χ2v) is 4.53. The molecule has 2 heterocycles. The predicted octanol–water partition coefficient (Wildman–Crippen LogP) is 2.02. The van der Waals surface area contributed by atoms with E-state index >= 15 is 0 Å². The lowest BCUT2D eigenvalue weighted by atomic mass is 10.1. The molecule has 0 bridgehead atoms. The summed E-state index contributed by atoms with van der Waals surface area (Å²) in [6.07, 6.45) is 2.50. The number of nitrogens with zero attached hydrogens (tertiary/aromatic N) is 1. The summed E-state index contributed by atoms with van der Waals surface area (Å²) in [5, 5.41) is 0. The van der Waals surface area contributed by atoms with Crippen LogP contribution < -0.4 is 15.4 Å². The van der Waals surface area contributed by atoms with E-state index in [0.717, 1.165) is 18.0 Å². The van der Waals surface area contributed by atoms with E-state index in [0.29, 0.717) is 12.1 Å². The first-order chi connectivity index (χ1) is 7.25. The number of anilines is 2. The van der Waals surface area contributed by atoms with Gasteiger partial charge in [0, 0.05) is 17.8 Å². The minimum Gasteiger partial charge on any atom is -0.489 e. The van der Waals surface area contributed by atoms with Gasteiger partial charge >= 0.3 is 0 Å². The van der Waals surface area contributed by atoms with Crippen molar-refractivity contribution in [2.75, 3.05) is 17.2 Å². The van der Waals surface area contributed by atoms with Crippen LogP contribution in [-0.2, 0) is 0 Å². The summed E-state index contributed by atoms with van der Waals surface area (Å²) in [6, 6.07) is 7.16. The van der Waals surface area contributed by atoms with Gasteiger partial charge in [-0.15, -0.1) is 0 Å². The fraction of sp³-hybridized carbons (Fsp3) is 0.500. The Morgan fingerprint density at radius 3 is 3.13 bits per heavy atom. The van der Waals surface area contributed by atoms with Gasteiger partial charge in [-0.25, -0.2) is 0 Å². The second-order valence-electron chi connectivity index (χ2n) is 4.53. The number of ether oxygens (including phenoxy) is 1. The normalized spacial score (nSPS) is 28.2. The first-order valence-corrected chi connectivity index (χ1v) is 5.56. The smallest absolute Gasteiger partial charge is 0.144 e. The van der Waals surface area contributed by atoms with Crippen LogP contribution in [0.15, 0.2) is 18.2 Å². The summed E-state index contributed by atoms with van der Waals surface area (Å²) in [7, 11) is 0. The highest BCUT2D eigenvalue weighted by molar-refractivity contribution is 5.66. The standard InChI is InChI=1S/C12H16N2O/c1-8-2-4-10-7-15-12-6-9(13)3-5-11(12)14(8)10/h3,5-6,8,10H,2,4,7,13H2,1H3. The van der Waals surface area contributed by atoms with Crippen LogP contribution in [0, 0.1) is 0 Å². The fourth-order valence-electron chi connectivity index (χ4n) is 2.72. The lowest BCUT2D eigenvalue weighted by molar-refractivity contribution is 0.270. The van der Waals surface area contributed by atoms with E-state index in [9.17, 15) is 0 Å². The Morgan fingerprint density at radius 1 is 1.40 bits per heavy atom. The van der Waals surface area contributed by atoms with Gasteiger partial charge in [0.2, 0.25) is 0 Å². The van der Waals surface area contributed by atoms with Crippen LogP contribution in [0.5, 0.6) is 5.75 Å². The third kappa shape index (κ3) is 1.26. The molecule has 2 aliphatic heterocycles. The lowest BCUT2D eigenvalue weighted by Gasteiger charge is -2.36. The van der Waals surface area contributed by atoms with Crippen LogP contribution in [0.25, 0.3) is 0 Å². The maximum Gasteiger partial charge on any atom is 0.144 e. The van der Waals surface area contributed by atoms with Crippen LogP contribution in [0.3, 0.4) is 0 Å². The molecule has 0 spiro atoms. The van der Waals surface area contributed by atoms with Gasteiger partial charge in [0.1, 0.15) is 12.4 Å². The van der Waals surface area contributed by atoms with Crippen LogP contribution in [0.4, 0.5) is 11.4 Å². The average Bonchev–Trinajstić information content (AvgIpc) is 2.60. The summed E-state index contributed by atoms with van der Waals surface area (Å²) in [5.41, 5.74) is 7.75. The molecule has 80 valence electrons. The van der Waals surface area contributed by atoms with Gasteiger partial charge in [0.15, 0.2) is 0 Å². The van der Waals surface area contributed by atoms with Gasteiger partial charge in [-0.05, 0) is 31.9 Å². The molecule has 0 aliphatic carbocycles. The molecular weight excluding hydrogens is 188 g/mol. The molecule has 2 aliphatic rings. The van der Waals surface area contributed by atoms with Crippen molar-refractivity contribution in [2.45, 2.75) is 31.8 Å².